The van der Waals surface area contributed by atoms with E-state index in [1.54, 1.807) is 0 Å². The molecule has 1 saturated heterocycles. The number of halogens is 2. The lowest BCUT2D eigenvalue weighted by Gasteiger charge is -2.26. The number of nitrogens with two attached hydrogens (primary N) is 1. The Morgan fingerprint density at radius 2 is 2.05 bits per heavy atom. The molecule has 1 aromatic carbocycles. The Morgan fingerprint density at radius 1 is 1.32 bits per heavy atom. The molecule has 1 aliphatic heterocycles. The van der Waals surface area contributed by atoms with Crippen molar-refractivity contribution < 1.29 is 4.39 Å². The Hall–Kier alpha value is -0.610. The molecule has 19 heavy (non-hydrogen) atoms. The average Bonchev–Trinajstić information content (AvgIpc) is 2.54. The predicted octanol–water partition coefficient (Wildman–Crippen LogP) is 4.06. The highest BCUT2D eigenvalue weighted by atomic mass is 79.9. The van der Waals surface area contributed by atoms with Gasteiger partial charge in [0.2, 0.25) is 0 Å². The number of anilines is 1. The largest absolute Gasteiger partial charge is 0.369 e. The van der Waals surface area contributed by atoms with Gasteiger partial charge in [0.15, 0.2) is 5.82 Å². The van der Waals surface area contributed by atoms with Crippen LogP contribution in [0.1, 0.15) is 38.7 Å². The van der Waals surface area contributed by atoms with Gasteiger partial charge in [-0.3, -0.25) is 0 Å². The second-order valence-corrected chi connectivity index (χ2v) is 6.87. The molecular formula is C15H22BrFN2. The standard InChI is InChI=1S/C15H22BrFN2/c1-15(2)6-3-8-19(9-7-15)12-5-4-11(10-18)13(16)14(12)17/h4-5H,3,6-10,18H2,1-2H3. The molecule has 1 aliphatic rings. The number of hydrogen-bond acceptors (Lipinski definition) is 2. The zero-order valence-corrected chi connectivity index (χ0v) is 13.3. The van der Waals surface area contributed by atoms with E-state index in [1.165, 1.54) is 6.42 Å². The SMILES string of the molecule is CC1(C)CCCN(c2ccc(CN)c(Br)c2F)CC1. The van der Waals surface area contributed by atoms with Gasteiger partial charge in [0.25, 0.3) is 0 Å². The van der Waals surface area contributed by atoms with Crippen LogP contribution in [0.3, 0.4) is 0 Å². The monoisotopic (exact) mass is 328 g/mol. The molecule has 0 saturated carbocycles. The van der Waals surface area contributed by atoms with Gasteiger partial charge in [-0.15, -0.1) is 0 Å². The van der Waals surface area contributed by atoms with Crippen molar-refractivity contribution in [2.24, 2.45) is 11.1 Å². The van der Waals surface area contributed by atoms with Gasteiger partial charge in [0, 0.05) is 19.6 Å². The average molecular weight is 329 g/mol. The van der Waals surface area contributed by atoms with E-state index < -0.39 is 0 Å². The van der Waals surface area contributed by atoms with E-state index in [0.717, 1.165) is 31.5 Å². The molecule has 0 amide bonds. The first-order chi connectivity index (χ1) is 8.94. The summed E-state index contributed by atoms with van der Waals surface area (Å²) < 4.78 is 14.9. The number of hydrogen-bond donors (Lipinski definition) is 1. The Balaban J connectivity index is 2.25. The summed E-state index contributed by atoms with van der Waals surface area (Å²) in [6, 6.07) is 3.78. The molecule has 0 bridgehead atoms. The zero-order valence-electron chi connectivity index (χ0n) is 11.7. The normalized spacial score (nSPS) is 19.3. The maximum Gasteiger partial charge on any atom is 0.160 e. The quantitative estimate of drug-likeness (QED) is 0.886. The number of nitrogens with zero attached hydrogens (tertiary/aromatic N) is 1. The van der Waals surface area contributed by atoms with Crippen LogP contribution in [0.2, 0.25) is 0 Å². The van der Waals surface area contributed by atoms with Crippen molar-refractivity contribution in [2.45, 2.75) is 39.7 Å². The molecule has 2 N–H and O–H groups in total. The lowest BCUT2D eigenvalue weighted by atomic mass is 9.85. The summed E-state index contributed by atoms with van der Waals surface area (Å²) in [5, 5.41) is 0. The Labute approximate surface area is 123 Å². The molecule has 1 heterocycles. The number of benzene rings is 1. The van der Waals surface area contributed by atoms with Gasteiger partial charge < -0.3 is 10.6 Å². The van der Waals surface area contributed by atoms with E-state index in [0.29, 0.717) is 22.1 Å². The van der Waals surface area contributed by atoms with Crippen LogP contribution in [0, 0.1) is 11.2 Å². The van der Waals surface area contributed by atoms with Crippen LogP contribution in [0.15, 0.2) is 16.6 Å². The molecule has 0 atom stereocenters. The predicted molar refractivity (Wildman–Crippen MR) is 81.8 cm³/mol. The first-order valence-electron chi connectivity index (χ1n) is 6.86. The lowest BCUT2D eigenvalue weighted by molar-refractivity contribution is 0.325. The molecule has 1 aromatic rings. The molecule has 0 aliphatic carbocycles. The van der Waals surface area contributed by atoms with Crippen LogP contribution in [-0.4, -0.2) is 13.1 Å². The van der Waals surface area contributed by atoms with Crippen LogP contribution in [0.4, 0.5) is 10.1 Å². The second kappa shape index (κ2) is 5.80. The Morgan fingerprint density at radius 3 is 2.74 bits per heavy atom. The van der Waals surface area contributed by atoms with Crippen molar-refractivity contribution in [1.29, 1.82) is 0 Å². The highest BCUT2D eigenvalue weighted by molar-refractivity contribution is 9.10. The van der Waals surface area contributed by atoms with Crippen LogP contribution in [-0.2, 0) is 6.54 Å². The fourth-order valence-electron chi connectivity index (χ4n) is 2.64. The third kappa shape index (κ3) is 3.29. The molecule has 0 spiro atoms. The van der Waals surface area contributed by atoms with Gasteiger partial charge in [0.05, 0.1) is 10.2 Å². The maximum atomic E-state index is 14.4. The van der Waals surface area contributed by atoms with Gasteiger partial charge in [-0.25, -0.2) is 4.39 Å². The van der Waals surface area contributed by atoms with Crippen molar-refractivity contribution >= 4 is 21.6 Å². The van der Waals surface area contributed by atoms with Gasteiger partial charge >= 0.3 is 0 Å². The van der Waals surface area contributed by atoms with E-state index in [-0.39, 0.29) is 5.82 Å². The zero-order chi connectivity index (χ0) is 14.0. The summed E-state index contributed by atoms with van der Waals surface area (Å²) in [6.07, 6.45) is 3.42. The minimum atomic E-state index is -0.178. The molecule has 1 fully saturated rings. The number of rotatable bonds is 2. The summed E-state index contributed by atoms with van der Waals surface area (Å²) in [7, 11) is 0. The third-order valence-corrected chi connectivity index (χ3v) is 4.90. The van der Waals surface area contributed by atoms with Gasteiger partial charge in [0.1, 0.15) is 0 Å². The summed E-state index contributed by atoms with van der Waals surface area (Å²) in [5.74, 6) is -0.178. The van der Waals surface area contributed by atoms with Crippen molar-refractivity contribution in [3.63, 3.8) is 0 Å². The van der Waals surface area contributed by atoms with Crippen LogP contribution < -0.4 is 10.6 Å². The summed E-state index contributed by atoms with van der Waals surface area (Å²) in [5.41, 5.74) is 7.47. The third-order valence-electron chi connectivity index (χ3n) is 4.04. The van der Waals surface area contributed by atoms with Gasteiger partial charge in [-0.1, -0.05) is 19.9 Å². The van der Waals surface area contributed by atoms with E-state index in [4.69, 9.17) is 5.73 Å². The molecule has 4 heteroatoms. The minimum Gasteiger partial charge on any atom is -0.369 e. The first kappa shape index (κ1) is 14.8. The fourth-order valence-corrected chi connectivity index (χ4v) is 3.14. The molecule has 2 rings (SSSR count). The summed E-state index contributed by atoms with van der Waals surface area (Å²) in [4.78, 5) is 2.16. The van der Waals surface area contributed by atoms with E-state index in [1.807, 2.05) is 12.1 Å². The molecule has 2 nitrogen and oxygen atoms in total. The maximum absolute atomic E-state index is 14.4. The van der Waals surface area contributed by atoms with E-state index >= 15 is 0 Å². The van der Waals surface area contributed by atoms with Crippen molar-refractivity contribution in [1.82, 2.24) is 0 Å². The second-order valence-electron chi connectivity index (χ2n) is 6.08. The van der Waals surface area contributed by atoms with Crippen LogP contribution >= 0.6 is 15.9 Å². The molecule has 0 radical (unpaired) electrons. The van der Waals surface area contributed by atoms with Gasteiger partial charge in [-0.05, 0) is 52.2 Å². The molecule has 0 unspecified atom stereocenters. The first-order valence-corrected chi connectivity index (χ1v) is 7.66. The molecule has 106 valence electrons. The minimum absolute atomic E-state index is 0.178. The fraction of sp³-hybridized carbons (Fsp3) is 0.600. The smallest absolute Gasteiger partial charge is 0.160 e. The topological polar surface area (TPSA) is 29.3 Å². The molecule has 0 aromatic heterocycles. The summed E-state index contributed by atoms with van der Waals surface area (Å²) >= 11 is 3.32. The van der Waals surface area contributed by atoms with E-state index in [9.17, 15) is 4.39 Å². The highest BCUT2D eigenvalue weighted by Gasteiger charge is 2.25. The van der Waals surface area contributed by atoms with Gasteiger partial charge in [-0.2, -0.15) is 0 Å². The lowest BCUT2D eigenvalue weighted by Crippen LogP contribution is -2.26. The molecular weight excluding hydrogens is 307 g/mol. The van der Waals surface area contributed by atoms with Crippen molar-refractivity contribution in [2.75, 3.05) is 18.0 Å². The van der Waals surface area contributed by atoms with Crippen LogP contribution in [0.25, 0.3) is 0 Å². The summed E-state index contributed by atoms with van der Waals surface area (Å²) in [6.45, 7) is 6.78. The van der Waals surface area contributed by atoms with Crippen molar-refractivity contribution in [3.05, 3.63) is 28.0 Å². The Bertz CT molecular complexity index is 460. The van der Waals surface area contributed by atoms with Crippen LogP contribution in [0.5, 0.6) is 0 Å². The van der Waals surface area contributed by atoms with Crippen molar-refractivity contribution in [3.8, 4) is 0 Å². The highest BCUT2D eigenvalue weighted by Crippen LogP contribution is 2.34. The Kier molecular flexibility index (Phi) is 4.51. The van der Waals surface area contributed by atoms with E-state index in [2.05, 4.69) is 34.7 Å².